The SMILES string of the molecule is CC1(C)Cc2cc(NS(C)(=O)=O)cc(OCCCN3CCC(Nc4ccc(Cl)cc4)CC3)c2O1.Cl. The van der Waals surface area contributed by atoms with E-state index in [9.17, 15) is 8.42 Å². The largest absolute Gasteiger partial charge is 0.490 e. The highest BCUT2D eigenvalue weighted by Gasteiger charge is 2.33. The number of sulfonamides is 1. The number of likely N-dealkylation sites (tertiary alicyclic amines) is 1. The van der Waals surface area contributed by atoms with Crippen LogP contribution in [-0.2, 0) is 16.4 Å². The van der Waals surface area contributed by atoms with E-state index in [2.05, 4.69) is 14.9 Å². The molecule has 7 nitrogen and oxygen atoms in total. The van der Waals surface area contributed by atoms with Crippen LogP contribution >= 0.6 is 24.0 Å². The van der Waals surface area contributed by atoms with Gasteiger partial charge in [0.2, 0.25) is 10.0 Å². The van der Waals surface area contributed by atoms with Crippen LogP contribution in [0.15, 0.2) is 36.4 Å². The summed E-state index contributed by atoms with van der Waals surface area (Å²) < 4.78 is 38.2. The number of piperidine rings is 1. The van der Waals surface area contributed by atoms with Crippen LogP contribution in [0.3, 0.4) is 0 Å². The third-order valence-electron chi connectivity index (χ3n) is 6.11. The number of hydrogen-bond donors (Lipinski definition) is 2. The summed E-state index contributed by atoms with van der Waals surface area (Å²) >= 11 is 5.97. The van der Waals surface area contributed by atoms with Gasteiger partial charge in [-0.1, -0.05) is 11.6 Å². The van der Waals surface area contributed by atoms with E-state index in [1.807, 2.05) is 44.2 Å². The normalized spacial score (nSPS) is 17.7. The Morgan fingerprint density at radius 2 is 1.83 bits per heavy atom. The minimum Gasteiger partial charge on any atom is -0.490 e. The quantitative estimate of drug-likeness (QED) is 0.423. The summed E-state index contributed by atoms with van der Waals surface area (Å²) in [6.07, 6.45) is 4.93. The van der Waals surface area contributed by atoms with Crippen molar-refractivity contribution in [2.24, 2.45) is 0 Å². The number of benzene rings is 2. The van der Waals surface area contributed by atoms with Crippen molar-refractivity contribution in [3.63, 3.8) is 0 Å². The number of hydrogen-bond acceptors (Lipinski definition) is 6. The summed E-state index contributed by atoms with van der Waals surface area (Å²) in [5, 5.41) is 4.35. The van der Waals surface area contributed by atoms with E-state index in [4.69, 9.17) is 21.1 Å². The molecule has 1 saturated heterocycles. The fourth-order valence-electron chi connectivity index (χ4n) is 4.61. The summed E-state index contributed by atoms with van der Waals surface area (Å²) in [4.78, 5) is 2.47. The van der Waals surface area contributed by atoms with Gasteiger partial charge in [-0.25, -0.2) is 8.42 Å². The zero-order chi connectivity index (χ0) is 24.3. The second kappa shape index (κ2) is 11.5. The smallest absolute Gasteiger partial charge is 0.229 e. The molecule has 0 aliphatic carbocycles. The molecular formula is C25H35Cl2N3O4S. The molecule has 2 aromatic carbocycles. The van der Waals surface area contributed by atoms with E-state index in [1.165, 1.54) is 0 Å². The Balaban J connectivity index is 0.00000342. The monoisotopic (exact) mass is 543 g/mol. The van der Waals surface area contributed by atoms with Crippen molar-refractivity contribution in [2.75, 3.05) is 42.5 Å². The Labute approximate surface area is 220 Å². The van der Waals surface area contributed by atoms with Crippen molar-refractivity contribution in [2.45, 2.75) is 51.2 Å². The van der Waals surface area contributed by atoms with Gasteiger partial charge < -0.3 is 19.7 Å². The number of nitrogens with zero attached hydrogens (tertiary/aromatic N) is 1. The molecule has 0 unspecified atom stereocenters. The van der Waals surface area contributed by atoms with Crippen molar-refractivity contribution in [1.82, 2.24) is 4.90 Å². The summed E-state index contributed by atoms with van der Waals surface area (Å²) in [5.74, 6) is 1.32. The zero-order valence-corrected chi connectivity index (χ0v) is 22.9. The van der Waals surface area contributed by atoms with Crippen molar-refractivity contribution in [3.05, 3.63) is 47.0 Å². The minimum atomic E-state index is -3.37. The summed E-state index contributed by atoms with van der Waals surface area (Å²) in [7, 11) is -3.37. The molecule has 1 fully saturated rings. The lowest BCUT2D eigenvalue weighted by molar-refractivity contribution is 0.131. The molecule has 2 aliphatic heterocycles. The Morgan fingerprint density at radius 3 is 2.49 bits per heavy atom. The highest BCUT2D eigenvalue weighted by atomic mass is 35.5. The van der Waals surface area contributed by atoms with E-state index >= 15 is 0 Å². The van der Waals surface area contributed by atoms with E-state index in [-0.39, 0.29) is 18.0 Å². The molecule has 0 radical (unpaired) electrons. The fourth-order valence-corrected chi connectivity index (χ4v) is 5.28. The Morgan fingerprint density at radius 1 is 1.14 bits per heavy atom. The molecule has 0 saturated carbocycles. The average Bonchev–Trinajstić information content (AvgIpc) is 3.06. The van der Waals surface area contributed by atoms with E-state index < -0.39 is 10.0 Å². The predicted octanol–water partition coefficient (Wildman–Crippen LogP) is 5.19. The van der Waals surface area contributed by atoms with Gasteiger partial charge in [-0.15, -0.1) is 12.4 Å². The van der Waals surface area contributed by atoms with Crippen LogP contribution in [0.4, 0.5) is 11.4 Å². The lowest BCUT2D eigenvalue weighted by Crippen LogP contribution is -2.39. The van der Waals surface area contributed by atoms with Gasteiger partial charge in [0.1, 0.15) is 5.60 Å². The number of anilines is 2. The molecule has 0 bridgehead atoms. The van der Waals surface area contributed by atoms with Gasteiger partial charge in [-0.3, -0.25) is 4.72 Å². The van der Waals surface area contributed by atoms with Crippen LogP contribution in [0.2, 0.25) is 5.02 Å². The molecule has 0 spiro atoms. The zero-order valence-electron chi connectivity index (χ0n) is 20.5. The maximum Gasteiger partial charge on any atom is 0.229 e. The Kier molecular flexibility index (Phi) is 9.07. The second-order valence-corrected chi connectivity index (χ2v) is 12.0. The number of halogens is 2. The topological polar surface area (TPSA) is 79.9 Å². The van der Waals surface area contributed by atoms with E-state index in [0.717, 1.165) is 67.2 Å². The standard InChI is InChI=1S/C25H34ClN3O4S.ClH/c1-25(2)17-18-15-22(28-34(3,30)31)16-23(24(18)33-25)32-14-4-11-29-12-9-21(10-13-29)27-20-7-5-19(26)6-8-20;/h5-8,15-16,21,27-28H,4,9-14,17H2,1-3H3;1H. The van der Waals surface area contributed by atoms with Gasteiger partial charge >= 0.3 is 0 Å². The third-order valence-corrected chi connectivity index (χ3v) is 6.97. The average molecular weight is 545 g/mol. The number of rotatable bonds is 9. The molecule has 10 heteroatoms. The Hall–Kier alpha value is -1.87. The van der Waals surface area contributed by atoms with Gasteiger partial charge in [0.15, 0.2) is 11.5 Å². The van der Waals surface area contributed by atoms with E-state index in [0.29, 0.717) is 30.5 Å². The molecule has 194 valence electrons. The number of nitrogens with one attached hydrogen (secondary N) is 2. The molecule has 2 aliphatic rings. The number of fused-ring (bicyclic) bond motifs is 1. The van der Waals surface area contributed by atoms with Gasteiger partial charge in [-0.2, -0.15) is 0 Å². The second-order valence-electron chi connectivity index (χ2n) is 9.84. The molecule has 35 heavy (non-hydrogen) atoms. The molecule has 2 heterocycles. The van der Waals surface area contributed by atoms with Crippen LogP contribution in [-0.4, -0.2) is 57.5 Å². The Bertz CT molecular complexity index is 1100. The van der Waals surface area contributed by atoms with Crippen molar-refractivity contribution in [3.8, 4) is 11.5 Å². The first-order valence-electron chi connectivity index (χ1n) is 11.8. The van der Waals surface area contributed by atoms with Gasteiger partial charge in [0.05, 0.1) is 18.6 Å². The van der Waals surface area contributed by atoms with Crippen molar-refractivity contribution < 1.29 is 17.9 Å². The molecule has 2 aromatic rings. The maximum atomic E-state index is 11.7. The van der Waals surface area contributed by atoms with Crippen LogP contribution in [0, 0.1) is 0 Å². The summed E-state index contributed by atoms with van der Waals surface area (Å²) in [6, 6.07) is 11.9. The van der Waals surface area contributed by atoms with Gasteiger partial charge in [-0.05, 0) is 63.4 Å². The first kappa shape index (κ1) is 27.7. The van der Waals surface area contributed by atoms with Gasteiger partial charge in [0.25, 0.3) is 0 Å². The first-order chi connectivity index (χ1) is 16.1. The highest BCUT2D eigenvalue weighted by molar-refractivity contribution is 7.92. The van der Waals surface area contributed by atoms with Gasteiger partial charge in [0, 0.05) is 54.4 Å². The van der Waals surface area contributed by atoms with Crippen molar-refractivity contribution in [1.29, 1.82) is 0 Å². The molecular weight excluding hydrogens is 509 g/mol. The summed E-state index contributed by atoms with van der Waals surface area (Å²) in [6.45, 7) is 7.64. The molecule has 4 rings (SSSR count). The number of ether oxygens (including phenoxy) is 2. The van der Waals surface area contributed by atoms with Crippen LogP contribution < -0.4 is 19.5 Å². The molecule has 0 amide bonds. The lowest BCUT2D eigenvalue weighted by Gasteiger charge is -2.32. The van der Waals surface area contributed by atoms with Crippen LogP contribution in [0.1, 0.15) is 38.7 Å². The van der Waals surface area contributed by atoms with Crippen molar-refractivity contribution >= 4 is 45.4 Å². The maximum absolute atomic E-state index is 11.7. The minimum absolute atomic E-state index is 0. The lowest BCUT2D eigenvalue weighted by atomic mass is 10.0. The third kappa shape index (κ3) is 8.07. The molecule has 2 N–H and O–H groups in total. The van der Waals surface area contributed by atoms with Crippen LogP contribution in [0.25, 0.3) is 0 Å². The first-order valence-corrected chi connectivity index (χ1v) is 14.0. The fraction of sp³-hybridized carbons (Fsp3) is 0.520. The molecule has 0 atom stereocenters. The van der Waals surface area contributed by atoms with Crippen LogP contribution in [0.5, 0.6) is 11.5 Å². The molecule has 0 aromatic heterocycles. The summed E-state index contributed by atoms with van der Waals surface area (Å²) in [5.41, 5.74) is 2.24. The predicted molar refractivity (Wildman–Crippen MR) is 145 cm³/mol. The van der Waals surface area contributed by atoms with E-state index in [1.54, 1.807) is 6.07 Å². The highest BCUT2D eigenvalue weighted by Crippen LogP contribution is 2.44.